The van der Waals surface area contributed by atoms with Crippen LogP contribution in [0.3, 0.4) is 0 Å². The van der Waals surface area contributed by atoms with Crippen molar-refractivity contribution in [2.45, 2.75) is 26.2 Å². The summed E-state index contributed by atoms with van der Waals surface area (Å²) in [5.41, 5.74) is 8.60. The second-order valence-electron chi connectivity index (χ2n) is 7.05. The van der Waals surface area contributed by atoms with E-state index in [2.05, 4.69) is 92.3 Å². The molecule has 25 heavy (non-hydrogen) atoms. The molecular weight excluding hydrogens is 328 g/mol. The van der Waals surface area contributed by atoms with Gasteiger partial charge >= 0.3 is 0 Å². The van der Waals surface area contributed by atoms with Crippen LogP contribution in [0.4, 0.5) is 11.4 Å². The highest BCUT2D eigenvalue weighted by Crippen LogP contribution is 2.46. The minimum absolute atomic E-state index is 0. The third kappa shape index (κ3) is 2.61. The highest BCUT2D eigenvalue weighted by atomic mass is 35.5. The molecule has 2 nitrogen and oxygen atoms in total. The number of hydrogen-bond donors (Lipinski definition) is 0. The van der Waals surface area contributed by atoms with E-state index in [1.807, 2.05) is 6.07 Å². The highest BCUT2D eigenvalue weighted by molar-refractivity contribution is 6.28. The Morgan fingerprint density at radius 2 is 1.64 bits per heavy atom. The zero-order chi connectivity index (χ0) is 16.9. The van der Waals surface area contributed by atoms with Gasteiger partial charge in [0.15, 0.2) is 0 Å². The average Bonchev–Trinajstić information content (AvgIpc) is 2.99. The van der Waals surface area contributed by atoms with E-state index in [4.69, 9.17) is 0 Å². The van der Waals surface area contributed by atoms with E-state index < -0.39 is 0 Å². The van der Waals surface area contributed by atoms with Crippen molar-refractivity contribution in [1.82, 2.24) is 0 Å². The molecule has 2 aromatic carbocycles. The largest absolute Gasteiger partial charge is 0.347 e. The molecule has 2 aliphatic heterocycles. The number of aliphatic imine (C=N–C) groups is 1. The molecule has 2 heterocycles. The normalized spacial score (nSPS) is 20.3. The molecule has 2 aromatic rings. The minimum atomic E-state index is 0. The fourth-order valence-electron chi connectivity index (χ4n) is 3.91. The maximum atomic E-state index is 4.68. The van der Waals surface area contributed by atoms with Gasteiger partial charge < -0.3 is 4.90 Å². The van der Waals surface area contributed by atoms with Gasteiger partial charge in [0.25, 0.3) is 0 Å². The van der Waals surface area contributed by atoms with Crippen LogP contribution in [-0.2, 0) is 5.41 Å². The van der Waals surface area contributed by atoms with Crippen LogP contribution in [0, 0.1) is 0 Å². The predicted molar refractivity (Wildman–Crippen MR) is 110 cm³/mol. The fraction of sp³-hybridized carbons (Fsp3) is 0.227. The van der Waals surface area contributed by atoms with Crippen molar-refractivity contribution >= 4 is 35.1 Å². The summed E-state index contributed by atoms with van der Waals surface area (Å²) in [6, 6.07) is 17.0. The number of fused-ring (bicyclic) bond motifs is 2. The second kappa shape index (κ2) is 6.20. The topological polar surface area (TPSA) is 15.6 Å². The zero-order valence-corrected chi connectivity index (χ0v) is 15.9. The molecule has 128 valence electrons. The van der Waals surface area contributed by atoms with Crippen LogP contribution < -0.4 is 4.90 Å². The maximum Gasteiger partial charge on any atom is 0.0712 e. The van der Waals surface area contributed by atoms with Gasteiger partial charge in [-0.05, 0) is 30.7 Å². The molecule has 0 unspecified atom stereocenters. The highest BCUT2D eigenvalue weighted by Gasteiger charge is 2.37. The predicted octanol–water partition coefficient (Wildman–Crippen LogP) is 5.91. The Hall–Kier alpha value is -2.32. The fourth-order valence-corrected chi connectivity index (χ4v) is 3.91. The van der Waals surface area contributed by atoms with Crippen molar-refractivity contribution in [2.75, 3.05) is 11.9 Å². The average molecular weight is 351 g/mol. The third-order valence-corrected chi connectivity index (χ3v) is 5.22. The van der Waals surface area contributed by atoms with Gasteiger partial charge in [-0.15, -0.1) is 12.4 Å². The number of anilines is 1. The molecule has 0 fully saturated rings. The van der Waals surface area contributed by atoms with Gasteiger partial charge in [-0.1, -0.05) is 56.3 Å². The molecule has 0 amide bonds. The Kier molecular flexibility index (Phi) is 4.34. The third-order valence-electron chi connectivity index (χ3n) is 5.22. The van der Waals surface area contributed by atoms with E-state index in [0.29, 0.717) is 0 Å². The van der Waals surface area contributed by atoms with Gasteiger partial charge in [0, 0.05) is 40.7 Å². The first-order valence-electron chi connectivity index (χ1n) is 8.41. The van der Waals surface area contributed by atoms with E-state index in [0.717, 1.165) is 11.4 Å². The van der Waals surface area contributed by atoms with E-state index >= 15 is 0 Å². The standard InChI is InChI=1S/C22H22N2.ClH/c1-15-16(17-9-5-7-11-19(17)23-15)13-14-21-22(2,3)18-10-6-8-12-20(18)24(21)4;/h5-14H,1-4H3;1H/b16-13-,21-14-;. The molecule has 0 saturated carbocycles. The molecule has 0 saturated heterocycles. The summed E-state index contributed by atoms with van der Waals surface area (Å²) in [4.78, 5) is 6.98. The van der Waals surface area contributed by atoms with Crippen LogP contribution in [0.15, 0.2) is 71.4 Å². The van der Waals surface area contributed by atoms with Gasteiger partial charge in [-0.2, -0.15) is 0 Å². The number of para-hydroxylation sites is 2. The molecule has 0 aromatic heterocycles. The van der Waals surface area contributed by atoms with E-state index in [9.17, 15) is 0 Å². The second-order valence-corrected chi connectivity index (χ2v) is 7.05. The molecule has 0 bridgehead atoms. The first kappa shape index (κ1) is 17.5. The number of halogens is 1. The summed E-state index contributed by atoms with van der Waals surface area (Å²) in [5.74, 6) is 0. The number of rotatable bonds is 1. The molecule has 2 aliphatic rings. The van der Waals surface area contributed by atoms with Gasteiger partial charge in [-0.3, -0.25) is 4.99 Å². The molecule has 0 N–H and O–H groups in total. The number of likely N-dealkylation sites (N-methyl/N-ethyl adjacent to an activating group) is 1. The number of hydrogen-bond acceptors (Lipinski definition) is 2. The lowest BCUT2D eigenvalue weighted by Gasteiger charge is -2.23. The summed E-state index contributed by atoms with van der Waals surface area (Å²) in [7, 11) is 2.15. The summed E-state index contributed by atoms with van der Waals surface area (Å²) in [5, 5.41) is 0. The van der Waals surface area contributed by atoms with Crippen molar-refractivity contribution in [1.29, 1.82) is 0 Å². The van der Waals surface area contributed by atoms with Crippen LogP contribution in [-0.4, -0.2) is 12.8 Å². The Morgan fingerprint density at radius 1 is 0.960 bits per heavy atom. The molecule has 3 heteroatoms. The van der Waals surface area contributed by atoms with Crippen molar-refractivity contribution in [3.05, 3.63) is 77.5 Å². The number of allylic oxidation sites excluding steroid dienone is 4. The zero-order valence-electron chi connectivity index (χ0n) is 15.1. The van der Waals surface area contributed by atoms with E-state index in [1.54, 1.807) is 0 Å². The number of nitrogens with zero attached hydrogens (tertiary/aromatic N) is 2. The van der Waals surface area contributed by atoms with E-state index in [1.165, 1.54) is 28.1 Å². The molecule has 0 spiro atoms. The van der Waals surface area contributed by atoms with Crippen LogP contribution >= 0.6 is 12.4 Å². The Balaban J connectivity index is 0.00000182. The lowest BCUT2D eigenvalue weighted by molar-refractivity contribution is 0.640. The first-order chi connectivity index (χ1) is 11.5. The lowest BCUT2D eigenvalue weighted by Crippen LogP contribution is -2.22. The van der Waals surface area contributed by atoms with Crippen molar-refractivity contribution in [2.24, 2.45) is 4.99 Å². The van der Waals surface area contributed by atoms with Crippen molar-refractivity contribution in [3.8, 4) is 0 Å². The van der Waals surface area contributed by atoms with Gasteiger partial charge in [-0.25, -0.2) is 0 Å². The smallest absolute Gasteiger partial charge is 0.0712 e. The Labute approximate surface area is 156 Å². The monoisotopic (exact) mass is 350 g/mol. The first-order valence-corrected chi connectivity index (χ1v) is 8.41. The van der Waals surface area contributed by atoms with Crippen LogP contribution in [0.1, 0.15) is 31.9 Å². The quantitative estimate of drug-likeness (QED) is 0.624. The lowest BCUT2D eigenvalue weighted by atomic mass is 9.83. The van der Waals surface area contributed by atoms with Gasteiger partial charge in [0.1, 0.15) is 0 Å². The van der Waals surface area contributed by atoms with Crippen LogP contribution in [0.2, 0.25) is 0 Å². The Morgan fingerprint density at radius 3 is 2.40 bits per heavy atom. The van der Waals surface area contributed by atoms with Crippen molar-refractivity contribution < 1.29 is 0 Å². The van der Waals surface area contributed by atoms with Crippen LogP contribution in [0.25, 0.3) is 5.57 Å². The van der Waals surface area contributed by atoms with Crippen LogP contribution in [0.5, 0.6) is 0 Å². The Bertz CT molecular complexity index is 919. The summed E-state index contributed by atoms with van der Waals surface area (Å²) < 4.78 is 0. The molecular formula is C22H23ClN2. The van der Waals surface area contributed by atoms with E-state index in [-0.39, 0.29) is 17.8 Å². The summed E-state index contributed by atoms with van der Waals surface area (Å²) >= 11 is 0. The SMILES string of the molecule is CC1=Nc2ccccc2/C1=C\C=C1/N(C)c2ccccc2C1(C)C.Cl. The number of benzene rings is 2. The van der Waals surface area contributed by atoms with Gasteiger partial charge in [0.05, 0.1) is 5.69 Å². The van der Waals surface area contributed by atoms with Gasteiger partial charge in [0.2, 0.25) is 0 Å². The maximum absolute atomic E-state index is 4.68. The minimum Gasteiger partial charge on any atom is -0.347 e. The molecule has 0 aliphatic carbocycles. The summed E-state index contributed by atoms with van der Waals surface area (Å²) in [6.45, 7) is 6.68. The molecule has 0 atom stereocenters. The molecule has 0 radical (unpaired) electrons. The molecule has 4 rings (SSSR count). The van der Waals surface area contributed by atoms with Crippen molar-refractivity contribution in [3.63, 3.8) is 0 Å². The summed E-state index contributed by atoms with van der Waals surface area (Å²) in [6.07, 6.45) is 4.49.